The number of aromatic nitrogens is 1. The van der Waals surface area contributed by atoms with Crippen LogP contribution in [0.1, 0.15) is 32.0 Å². The first-order valence-electron chi connectivity index (χ1n) is 8.40. The normalized spacial score (nSPS) is 10.5. The summed E-state index contributed by atoms with van der Waals surface area (Å²) < 4.78 is 0. The van der Waals surface area contributed by atoms with Gasteiger partial charge in [-0.2, -0.15) is 0 Å². The molecule has 7 heteroatoms. The van der Waals surface area contributed by atoms with Crippen LogP contribution in [-0.2, 0) is 13.1 Å². The fourth-order valence-corrected chi connectivity index (χ4v) is 3.18. The number of aromatic carboxylic acids is 1. The van der Waals surface area contributed by atoms with Crippen molar-refractivity contribution in [1.29, 1.82) is 0 Å². The molecule has 0 bridgehead atoms. The number of pyridine rings is 1. The second-order valence-electron chi connectivity index (χ2n) is 6.16. The summed E-state index contributed by atoms with van der Waals surface area (Å²) in [6.45, 7) is 0.565. The van der Waals surface area contributed by atoms with E-state index in [2.05, 4.69) is 4.98 Å². The molecule has 0 saturated heterocycles. The van der Waals surface area contributed by atoms with Gasteiger partial charge in [-0.05, 0) is 47.5 Å². The van der Waals surface area contributed by atoms with E-state index in [4.69, 9.17) is 23.2 Å². The van der Waals surface area contributed by atoms with Crippen molar-refractivity contribution in [2.75, 3.05) is 0 Å². The summed E-state index contributed by atoms with van der Waals surface area (Å²) in [5.41, 5.74) is 1.75. The van der Waals surface area contributed by atoms with Crippen molar-refractivity contribution in [3.8, 4) is 0 Å². The van der Waals surface area contributed by atoms with Gasteiger partial charge in [-0.3, -0.25) is 9.78 Å². The number of carbonyl (C=O) groups excluding carboxylic acids is 1. The molecule has 2 aromatic carbocycles. The number of amides is 1. The third-order valence-electron chi connectivity index (χ3n) is 4.04. The van der Waals surface area contributed by atoms with Crippen molar-refractivity contribution in [1.82, 2.24) is 9.88 Å². The third kappa shape index (κ3) is 5.09. The van der Waals surface area contributed by atoms with E-state index in [1.165, 1.54) is 18.3 Å². The van der Waals surface area contributed by atoms with Gasteiger partial charge in [0.05, 0.1) is 5.56 Å². The molecule has 0 atom stereocenters. The molecule has 1 amide bonds. The summed E-state index contributed by atoms with van der Waals surface area (Å²) >= 11 is 12.1. The van der Waals surface area contributed by atoms with Crippen molar-refractivity contribution in [2.24, 2.45) is 0 Å². The van der Waals surface area contributed by atoms with Crippen molar-refractivity contribution in [3.63, 3.8) is 0 Å². The molecule has 0 saturated carbocycles. The number of hydrogen-bond acceptors (Lipinski definition) is 3. The highest BCUT2D eigenvalue weighted by atomic mass is 35.5. The lowest BCUT2D eigenvalue weighted by Crippen LogP contribution is -2.31. The second kappa shape index (κ2) is 8.87. The van der Waals surface area contributed by atoms with Crippen LogP contribution in [0.25, 0.3) is 0 Å². The van der Waals surface area contributed by atoms with E-state index >= 15 is 0 Å². The number of benzene rings is 2. The van der Waals surface area contributed by atoms with E-state index in [0.717, 1.165) is 11.1 Å². The second-order valence-corrected chi connectivity index (χ2v) is 7.03. The molecule has 0 unspecified atom stereocenters. The zero-order chi connectivity index (χ0) is 20.1. The quantitative estimate of drug-likeness (QED) is 0.620. The minimum atomic E-state index is -1.12. The molecule has 0 fully saturated rings. The van der Waals surface area contributed by atoms with Crippen LogP contribution in [0.15, 0.2) is 66.9 Å². The number of carboxylic acid groups (broad SMARTS) is 1. The maximum atomic E-state index is 13.1. The summed E-state index contributed by atoms with van der Waals surface area (Å²) in [5.74, 6) is -1.50. The third-order valence-corrected chi connectivity index (χ3v) is 4.51. The molecule has 0 aliphatic heterocycles. The number of rotatable bonds is 6. The smallest absolute Gasteiger partial charge is 0.335 e. The fraction of sp³-hybridized carbons (Fsp3) is 0.0952. The van der Waals surface area contributed by atoms with Crippen molar-refractivity contribution in [2.45, 2.75) is 13.1 Å². The summed E-state index contributed by atoms with van der Waals surface area (Å²) in [6.07, 6.45) is 1.31. The molecule has 3 rings (SSSR count). The first-order chi connectivity index (χ1) is 13.4. The highest BCUT2D eigenvalue weighted by Gasteiger charge is 2.19. The van der Waals surface area contributed by atoms with Gasteiger partial charge in [-0.25, -0.2) is 4.79 Å². The van der Waals surface area contributed by atoms with Gasteiger partial charge in [0.15, 0.2) is 0 Å². The van der Waals surface area contributed by atoms with E-state index in [1.54, 1.807) is 29.2 Å². The Kier molecular flexibility index (Phi) is 6.29. The highest BCUT2D eigenvalue weighted by molar-refractivity contribution is 6.30. The summed E-state index contributed by atoms with van der Waals surface area (Å²) in [6, 6.07) is 17.0. The van der Waals surface area contributed by atoms with Gasteiger partial charge < -0.3 is 10.0 Å². The summed E-state index contributed by atoms with van der Waals surface area (Å²) in [5, 5.41) is 10.3. The van der Waals surface area contributed by atoms with Gasteiger partial charge in [0.1, 0.15) is 5.69 Å². The average molecular weight is 415 g/mol. The topological polar surface area (TPSA) is 70.5 Å². The van der Waals surface area contributed by atoms with Gasteiger partial charge in [0.2, 0.25) is 0 Å². The maximum absolute atomic E-state index is 13.1. The average Bonchev–Trinajstić information content (AvgIpc) is 2.67. The van der Waals surface area contributed by atoms with Crippen LogP contribution in [0.5, 0.6) is 0 Å². The predicted molar refractivity (Wildman–Crippen MR) is 108 cm³/mol. The molecule has 0 aliphatic carbocycles. The Morgan fingerprint density at radius 3 is 1.96 bits per heavy atom. The largest absolute Gasteiger partial charge is 0.478 e. The zero-order valence-electron chi connectivity index (χ0n) is 14.7. The molecule has 142 valence electrons. The van der Waals surface area contributed by atoms with Crippen molar-refractivity contribution >= 4 is 35.1 Å². The SMILES string of the molecule is O=C(O)c1ccnc(C(=O)N(Cc2cccc(Cl)c2)Cc2cccc(Cl)c2)c1. The van der Waals surface area contributed by atoms with Gasteiger partial charge >= 0.3 is 5.97 Å². The van der Waals surface area contributed by atoms with Crippen LogP contribution >= 0.6 is 23.2 Å². The zero-order valence-corrected chi connectivity index (χ0v) is 16.2. The molecule has 1 heterocycles. The summed E-state index contributed by atoms with van der Waals surface area (Å²) in [7, 11) is 0. The fourth-order valence-electron chi connectivity index (χ4n) is 2.75. The molecular formula is C21H16Cl2N2O3. The van der Waals surface area contributed by atoms with Crippen LogP contribution < -0.4 is 0 Å². The molecule has 0 aliphatic rings. The molecule has 28 heavy (non-hydrogen) atoms. The van der Waals surface area contributed by atoms with E-state index in [9.17, 15) is 14.7 Å². The number of hydrogen-bond donors (Lipinski definition) is 1. The van der Waals surface area contributed by atoms with Crippen LogP contribution in [-0.4, -0.2) is 26.9 Å². The van der Waals surface area contributed by atoms with Crippen LogP contribution in [0.3, 0.4) is 0 Å². The number of carboxylic acids is 1. The molecule has 0 spiro atoms. The Bertz CT molecular complexity index is 976. The Morgan fingerprint density at radius 1 is 0.893 bits per heavy atom. The number of halogens is 2. The van der Waals surface area contributed by atoms with Gasteiger partial charge in [-0.15, -0.1) is 0 Å². The molecule has 1 aromatic heterocycles. The van der Waals surface area contributed by atoms with Crippen LogP contribution in [0.2, 0.25) is 10.0 Å². The van der Waals surface area contributed by atoms with E-state index in [0.29, 0.717) is 10.0 Å². The Labute approximate surface area is 172 Å². The highest BCUT2D eigenvalue weighted by Crippen LogP contribution is 2.18. The lowest BCUT2D eigenvalue weighted by Gasteiger charge is -2.23. The number of carbonyl (C=O) groups is 2. The number of nitrogens with zero attached hydrogens (tertiary/aromatic N) is 2. The first-order valence-corrected chi connectivity index (χ1v) is 9.15. The maximum Gasteiger partial charge on any atom is 0.335 e. The monoisotopic (exact) mass is 414 g/mol. The molecule has 1 N–H and O–H groups in total. The van der Waals surface area contributed by atoms with E-state index in [-0.39, 0.29) is 30.3 Å². The van der Waals surface area contributed by atoms with Crippen LogP contribution in [0.4, 0.5) is 0 Å². The lowest BCUT2D eigenvalue weighted by molar-refractivity contribution is 0.0696. The Hall–Kier alpha value is -2.89. The predicted octanol–water partition coefficient (Wildman–Crippen LogP) is 4.93. The summed E-state index contributed by atoms with van der Waals surface area (Å²) in [4.78, 5) is 30.0. The van der Waals surface area contributed by atoms with Crippen molar-refractivity contribution < 1.29 is 14.7 Å². The molecule has 0 radical (unpaired) electrons. The molecule has 5 nitrogen and oxygen atoms in total. The lowest BCUT2D eigenvalue weighted by atomic mass is 10.1. The minimum Gasteiger partial charge on any atom is -0.478 e. The van der Waals surface area contributed by atoms with E-state index in [1.807, 2.05) is 24.3 Å². The van der Waals surface area contributed by atoms with Crippen molar-refractivity contribution in [3.05, 3.63) is 99.3 Å². The first kappa shape index (κ1) is 19.9. The molecular weight excluding hydrogens is 399 g/mol. The van der Waals surface area contributed by atoms with Gasteiger partial charge in [0.25, 0.3) is 5.91 Å². The van der Waals surface area contributed by atoms with Crippen LogP contribution in [0, 0.1) is 0 Å². The Balaban J connectivity index is 1.93. The van der Waals surface area contributed by atoms with E-state index < -0.39 is 5.97 Å². The van der Waals surface area contributed by atoms with Gasteiger partial charge in [0, 0.05) is 29.3 Å². The standard InChI is InChI=1S/C21H16Cl2N2O3/c22-17-5-1-3-14(9-17)12-25(13-15-4-2-6-18(23)10-15)20(26)19-11-16(21(27)28)7-8-24-19/h1-11H,12-13H2,(H,27,28). The minimum absolute atomic E-state index is 0.00353. The molecule has 3 aromatic rings. The van der Waals surface area contributed by atoms with Gasteiger partial charge in [-0.1, -0.05) is 47.5 Å². The Morgan fingerprint density at radius 2 is 1.46 bits per heavy atom.